The number of hydrogen-bond acceptors (Lipinski definition) is 4. The fourth-order valence-electron chi connectivity index (χ4n) is 1.43. The average Bonchev–Trinajstić information content (AvgIpc) is 2.26. The summed E-state index contributed by atoms with van der Waals surface area (Å²) in [4.78, 5) is 13.7. The zero-order valence-corrected chi connectivity index (χ0v) is 10.2. The molecule has 0 amide bonds. The molecule has 0 fully saturated rings. The van der Waals surface area contributed by atoms with E-state index in [0.29, 0.717) is 6.20 Å². The number of nitrogens with zero attached hydrogens (tertiary/aromatic N) is 1. The number of aliphatic carboxylic acids is 1. The smallest absolute Gasteiger partial charge is 0.494 e. The Labute approximate surface area is 113 Å². The molecule has 0 bridgehead atoms. The van der Waals surface area contributed by atoms with Crippen molar-refractivity contribution in [1.82, 2.24) is 4.98 Å². The SMILES string of the molecule is COc1cnc(CC(=O)O)c(OC(F)(F)F)c1C(F)(F)F. The second-order valence-electron chi connectivity index (χ2n) is 3.59. The van der Waals surface area contributed by atoms with Crippen molar-refractivity contribution in [3.63, 3.8) is 0 Å². The summed E-state index contributed by atoms with van der Waals surface area (Å²) >= 11 is 0. The van der Waals surface area contributed by atoms with Gasteiger partial charge in [-0.25, -0.2) is 0 Å². The molecule has 0 atom stereocenters. The third-order valence-electron chi connectivity index (χ3n) is 2.11. The monoisotopic (exact) mass is 319 g/mol. The molecular weight excluding hydrogens is 312 g/mol. The number of methoxy groups -OCH3 is 1. The van der Waals surface area contributed by atoms with Crippen LogP contribution in [0.3, 0.4) is 0 Å². The van der Waals surface area contributed by atoms with E-state index in [4.69, 9.17) is 5.11 Å². The first-order chi connectivity index (χ1) is 9.45. The first-order valence-corrected chi connectivity index (χ1v) is 5.06. The maximum absolute atomic E-state index is 12.9. The van der Waals surface area contributed by atoms with Crippen LogP contribution in [0.15, 0.2) is 6.20 Å². The van der Waals surface area contributed by atoms with Crippen LogP contribution in [-0.2, 0) is 17.4 Å². The highest BCUT2D eigenvalue weighted by atomic mass is 19.4. The van der Waals surface area contributed by atoms with Gasteiger partial charge in [0.2, 0.25) is 0 Å². The molecular formula is C10H7F6NO4. The third-order valence-corrected chi connectivity index (χ3v) is 2.11. The summed E-state index contributed by atoms with van der Waals surface area (Å²) in [7, 11) is 0.792. The molecule has 21 heavy (non-hydrogen) atoms. The van der Waals surface area contributed by atoms with Crippen LogP contribution >= 0.6 is 0 Å². The normalized spacial score (nSPS) is 12.1. The minimum Gasteiger partial charge on any atom is -0.494 e. The van der Waals surface area contributed by atoms with E-state index < -0.39 is 47.7 Å². The lowest BCUT2D eigenvalue weighted by molar-refractivity contribution is -0.276. The molecule has 0 aliphatic rings. The fraction of sp³-hybridized carbons (Fsp3) is 0.400. The number of ether oxygens (including phenoxy) is 2. The fourth-order valence-corrected chi connectivity index (χ4v) is 1.43. The first-order valence-electron chi connectivity index (χ1n) is 5.06. The van der Waals surface area contributed by atoms with E-state index in [1.165, 1.54) is 0 Å². The van der Waals surface area contributed by atoms with E-state index in [-0.39, 0.29) is 0 Å². The van der Waals surface area contributed by atoms with Gasteiger partial charge < -0.3 is 14.6 Å². The number of pyridine rings is 1. The topological polar surface area (TPSA) is 68.7 Å². The highest BCUT2D eigenvalue weighted by Gasteiger charge is 2.44. The van der Waals surface area contributed by atoms with Crippen molar-refractivity contribution < 1.29 is 45.7 Å². The largest absolute Gasteiger partial charge is 0.573 e. The van der Waals surface area contributed by atoms with Crippen molar-refractivity contribution >= 4 is 5.97 Å². The van der Waals surface area contributed by atoms with E-state index in [9.17, 15) is 31.1 Å². The number of rotatable bonds is 4. The molecule has 1 N–H and O–H groups in total. The van der Waals surface area contributed by atoms with Crippen molar-refractivity contribution in [2.75, 3.05) is 7.11 Å². The van der Waals surface area contributed by atoms with Gasteiger partial charge in [0.05, 0.1) is 25.4 Å². The number of aromatic nitrogens is 1. The minimum atomic E-state index is -5.46. The Bertz CT molecular complexity index is 540. The Balaban J connectivity index is 3.58. The Morgan fingerprint density at radius 3 is 2.24 bits per heavy atom. The Morgan fingerprint density at radius 1 is 1.29 bits per heavy atom. The molecule has 1 rings (SSSR count). The summed E-state index contributed by atoms with van der Waals surface area (Å²) in [5, 5.41) is 8.52. The first kappa shape index (κ1) is 16.9. The molecule has 0 spiro atoms. The van der Waals surface area contributed by atoms with E-state index in [2.05, 4.69) is 14.5 Å². The van der Waals surface area contributed by atoms with E-state index in [0.717, 1.165) is 7.11 Å². The average molecular weight is 319 g/mol. The number of carboxylic acids is 1. The summed E-state index contributed by atoms with van der Waals surface area (Å²) in [6, 6.07) is 0. The van der Waals surface area contributed by atoms with Gasteiger partial charge in [0.1, 0.15) is 5.56 Å². The predicted molar refractivity (Wildman–Crippen MR) is 53.8 cm³/mol. The second-order valence-corrected chi connectivity index (χ2v) is 3.59. The van der Waals surface area contributed by atoms with Crippen LogP contribution in [0, 0.1) is 0 Å². The lowest BCUT2D eigenvalue weighted by Gasteiger charge is -2.19. The van der Waals surface area contributed by atoms with Crippen LogP contribution in [0.1, 0.15) is 11.3 Å². The molecule has 11 heteroatoms. The minimum absolute atomic E-state index is 0.477. The van der Waals surface area contributed by atoms with Crippen molar-refractivity contribution in [2.24, 2.45) is 0 Å². The van der Waals surface area contributed by atoms with Gasteiger partial charge in [-0.15, -0.1) is 13.2 Å². The van der Waals surface area contributed by atoms with Crippen LogP contribution in [0.5, 0.6) is 11.5 Å². The number of halogens is 6. The van der Waals surface area contributed by atoms with Gasteiger partial charge in [0.15, 0.2) is 11.5 Å². The zero-order chi connectivity index (χ0) is 16.4. The van der Waals surface area contributed by atoms with Gasteiger partial charge in [-0.2, -0.15) is 13.2 Å². The molecule has 0 unspecified atom stereocenters. The standard InChI is InChI=1S/C10H7F6NO4/c1-20-5-3-17-4(2-6(18)19)8(21-10(14,15)16)7(5)9(11,12)13/h3H,2H2,1H3,(H,18,19). The van der Waals surface area contributed by atoms with Crippen molar-refractivity contribution in [3.05, 3.63) is 17.5 Å². The molecule has 5 nitrogen and oxygen atoms in total. The van der Waals surface area contributed by atoms with E-state index >= 15 is 0 Å². The van der Waals surface area contributed by atoms with Crippen LogP contribution in [0.2, 0.25) is 0 Å². The van der Waals surface area contributed by atoms with E-state index in [1.807, 2.05) is 0 Å². The molecule has 1 aromatic heterocycles. The summed E-state index contributed by atoms with van der Waals surface area (Å²) in [5.74, 6) is -4.43. The number of carboxylic acid groups (broad SMARTS) is 1. The summed E-state index contributed by atoms with van der Waals surface area (Å²) in [5.41, 5.74) is -2.90. The summed E-state index contributed by atoms with van der Waals surface area (Å²) < 4.78 is 83.0. The van der Waals surface area contributed by atoms with Crippen molar-refractivity contribution in [3.8, 4) is 11.5 Å². The summed E-state index contributed by atoms with van der Waals surface area (Å²) in [6.45, 7) is 0. The van der Waals surface area contributed by atoms with Gasteiger partial charge in [0.25, 0.3) is 0 Å². The number of hydrogen-bond donors (Lipinski definition) is 1. The van der Waals surface area contributed by atoms with Crippen molar-refractivity contribution in [1.29, 1.82) is 0 Å². The number of carbonyl (C=O) groups is 1. The zero-order valence-electron chi connectivity index (χ0n) is 10.2. The lowest BCUT2D eigenvalue weighted by atomic mass is 10.1. The Hall–Kier alpha value is -2.20. The Morgan fingerprint density at radius 2 is 1.86 bits per heavy atom. The van der Waals surface area contributed by atoms with Crippen LogP contribution < -0.4 is 9.47 Å². The van der Waals surface area contributed by atoms with Gasteiger partial charge in [-0.3, -0.25) is 9.78 Å². The molecule has 1 heterocycles. The quantitative estimate of drug-likeness (QED) is 0.864. The van der Waals surface area contributed by atoms with Gasteiger partial charge in [-0.1, -0.05) is 0 Å². The summed E-state index contributed by atoms with van der Waals surface area (Å²) in [6.07, 6.45) is -11.4. The molecule has 0 saturated carbocycles. The molecule has 0 aliphatic carbocycles. The maximum atomic E-state index is 12.9. The molecule has 0 aromatic carbocycles. The molecule has 0 saturated heterocycles. The maximum Gasteiger partial charge on any atom is 0.573 e. The van der Waals surface area contributed by atoms with Gasteiger partial charge in [-0.05, 0) is 0 Å². The van der Waals surface area contributed by atoms with Crippen LogP contribution in [0.4, 0.5) is 26.3 Å². The van der Waals surface area contributed by atoms with Gasteiger partial charge >= 0.3 is 18.5 Å². The second kappa shape index (κ2) is 5.66. The van der Waals surface area contributed by atoms with E-state index in [1.54, 1.807) is 0 Å². The lowest BCUT2D eigenvalue weighted by Crippen LogP contribution is -2.23. The molecule has 0 aliphatic heterocycles. The van der Waals surface area contributed by atoms with Crippen LogP contribution in [0.25, 0.3) is 0 Å². The van der Waals surface area contributed by atoms with Crippen LogP contribution in [-0.4, -0.2) is 29.5 Å². The van der Waals surface area contributed by atoms with Crippen molar-refractivity contribution in [2.45, 2.75) is 19.0 Å². The van der Waals surface area contributed by atoms with Gasteiger partial charge in [0, 0.05) is 0 Å². The molecule has 118 valence electrons. The highest BCUT2D eigenvalue weighted by molar-refractivity contribution is 5.71. The molecule has 1 aromatic rings. The number of alkyl halides is 6. The Kier molecular flexibility index (Phi) is 4.54. The third kappa shape index (κ3) is 4.39. The molecule has 0 radical (unpaired) electrons. The predicted octanol–water partition coefficient (Wildman–Crippen LogP) is 2.63. The highest BCUT2D eigenvalue weighted by Crippen LogP contribution is 2.45.